The molecule has 45 heavy (non-hydrogen) atoms. The molecule has 0 spiro atoms. The van der Waals surface area contributed by atoms with E-state index >= 15 is 0 Å². The van der Waals surface area contributed by atoms with Crippen LogP contribution in [0.2, 0.25) is 4.13 Å². The second-order valence-corrected chi connectivity index (χ2v) is 37.4. The molecule has 2 unspecified atom stereocenters. The summed E-state index contributed by atoms with van der Waals surface area (Å²) >= 11 is -4.83. The molecule has 0 amide bonds. The van der Waals surface area contributed by atoms with Crippen LogP contribution < -0.4 is 0 Å². The first kappa shape index (κ1) is 32.8. The predicted molar refractivity (Wildman–Crippen MR) is 197 cm³/mol. The van der Waals surface area contributed by atoms with Crippen molar-refractivity contribution in [2.75, 3.05) is 0 Å². The van der Waals surface area contributed by atoms with Gasteiger partial charge in [-0.1, -0.05) is 0 Å². The van der Waals surface area contributed by atoms with Gasteiger partial charge < -0.3 is 0 Å². The standard InChI is InChI=1S/2C20H21.C2H5.2ClH.Zr/c2*1-12-6-13(2)8-17(7-12)20-16(5)11-15(4)18-9-14(3)10-19(18)20;1-2;;;/h2*6-11H,1-5H3;1H2,2H3;2*1H;/q;;;;;+2/p-2. The number of benzene rings is 4. The van der Waals surface area contributed by atoms with Gasteiger partial charge >= 0.3 is 282 Å². The van der Waals surface area contributed by atoms with Crippen molar-refractivity contribution in [3.8, 4) is 22.3 Å². The SMILES string of the molecule is C[CH2][Zr]([Cl])([Cl])([CH]1C(C)=Cc2c(-c3cc(C)cc(C)c3)c(C)cc(C)c21)[CH]1C(C)=Cc2c(-c3cc(C)cc(C)c3)c(C)cc(C)c21. The van der Waals surface area contributed by atoms with Crippen molar-refractivity contribution in [2.45, 2.75) is 87.5 Å². The Balaban J connectivity index is 1.61. The Hall–Kier alpha value is -2.18. The number of rotatable bonds is 5. The summed E-state index contributed by atoms with van der Waals surface area (Å²) in [5, 5.41) is 0. The molecule has 0 heterocycles. The van der Waals surface area contributed by atoms with Crippen LogP contribution in [0.4, 0.5) is 0 Å². The first-order chi connectivity index (χ1) is 21.0. The van der Waals surface area contributed by atoms with E-state index in [-0.39, 0.29) is 7.25 Å². The Bertz CT molecular complexity index is 1810. The van der Waals surface area contributed by atoms with Gasteiger partial charge in [-0.2, -0.15) is 0 Å². The molecule has 0 nitrogen and oxygen atoms in total. The average Bonchev–Trinajstić information content (AvgIpc) is 3.46. The average molecular weight is 714 g/mol. The number of halogens is 2. The van der Waals surface area contributed by atoms with E-state index in [2.05, 4.69) is 137 Å². The summed E-state index contributed by atoms with van der Waals surface area (Å²) in [7, 11) is 16.9. The molecule has 0 N–H and O–H groups in total. The van der Waals surface area contributed by atoms with Crippen molar-refractivity contribution < 1.29 is 16.4 Å². The monoisotopic (exact) mass is 711 g/mol. The zero-order valence-corrected chi connectivity index (χ0v) is 32.9. The molecule has 0 fully saturated rings. The molecule has 0 aromatic heterocycles. The zero-order chi connectivity index (χ0) is 32.8. The Kier molecular flexibility index (Phi) is 8.16. The van der Waals surface area contributed by atoms with Gasteiger partial charge in [0.1, 0.15) is 0 Å². The molecule has 0 aliphatic heterocycles. The molecule has 0 saturated heterocycles. The van der Waals surface area contributed by atoms with Crippen molar-refractivity contribution >= 4 is 29.2 Å². The molecule has 3 heteroatoms. The second-order valence-electron chi connectivity index (χ2n) is 14.5. The maximum atomic E-state index is 8.45. The fraction of sp³-hybridized carbons (Fsp3) is 0.333. The Morgan fingerprint density at radius 2 is 0.822 bits per heavy atom. The van der Waals surface area contributed by atoms with Gasteiger partial charge in [0.15, 0.2) is 0 Å². The van der Waals surface area contributed by atoms with Crippen molar-refractivity contribution in [1.82, 2.24) is 0 Å². The molecule has 2 aliphatic carbocycles. The van der Waals surface area contributed by atoms with Crippen molar-refractivity contribution in [1.29, 1.82) is 0 Å². The van der Waals surface area contributed by atoms with Gasteiger partial charge in [-0.25, -0.2) is 0 Å². The summed E-state index contributed by atoms with van der Waals surface area (Å²) in [6.07, 6.45) is 4.86. The van der Waals surface area contributed by atoms with E-state index in [9.17, 15) is 0 Å². The fourth-order valence-electron chi connectivity index (χ4n) is 9.31. The van der Waals surface area contributed by atoms with Crippen LogP contribution in [0.1, 0.15) is 94.8 Å². The fourth-order valence-corrected chi connectivity index (χ4v) is 28.5. The first-order valence-corrected chi connectivity index (χ1v) is 27.4. The van der Waals surface area contributed by atoms with E-state index in [1.807, 2.05) is 0 Å². The van der Waals surface area contributed by atoms with E-state index < -0.39 is 16.4 Å². The van der Waals surface area contributed by atoms with Gasteiger partial charge in [-0.3, -0.25) is 0 Å². The third-order valence-electron chi connectivity index (χ3n) is 10.7. The van der Waals surface area contributed by atoms with Gasteiger partial charge in [0, 0.05) is 0 Å². The normalized spacial score (nSPS) is 18.3. The van der Waals surface area contributed by atoms with Gasteiger partial charge in [0.05, 0.1) is 0 Å². The molecule has 4 aromatic carbocycles. The Labute approximate surface area is 279 Å². The third kappa shape index (κ3) is 5.12. The van der Waals surface area contributed by atoms with Crippen LogP contribution in [0.25, 0.3) is 34.4 Å². The molecule has 4 aromatic rings. The number of hydrogen-bond donors (Lipinski definition) is 0. The maximum absolute atomic E-state index is 8.45. The van der Waals surface area contributed by atoms with Gasteiger partial charge in [-0.15, -0.1) is 0 Å². The Morgan fingerprint density at radius 3 is 1.13 bits per heavy atom. The van der Waals surface area contributed by atoms with E-state index in [1.165, 1.54) is 100 Å². The van der Waals surface area contributed by atoms with Gasteiger partial charge in [0.25, 0.3) is 0 Å². The molecular weight excluding hydrogens is 667 g/mol. The van der Waals surface area contributed by atoms with Crippen molar-refractivity contribution in [3.05, 3.63) is 126 Å². The van der Waals surface area contributed by atoms with Crippen molar-refractivity contribution in [3.63, 3.8) is 0 Å². The minimum absolute atomic E-state index is 0.0460. The van der Waals surface area contributed by atoms with E-state index in [4.69, 9.17) is 17.0 Å². The van der Waals surface area contributed by atoms with Crippen LogP contribution in [0.5, 0.6) is 0 Å². The Morgan fingerprint density at radius 1 is 0.489 bits per heavy atom. The summed E-state index contributed by atoms with van der Waals surface area (Å²) in [4.78, 5) is 0. The summed E-state index contributed by atoms with van der Waals surface area (Å²) in [6.45, 7) is 24.7. The molecule has 2 aliphatic rings. The molecule has 0 radical (unpaired) electrons. The van der Waals surface area contributed by atoms with Crippen LogP contribution in [0.3, 0.4) is 0 Å². The number of aryl methyl sites for hydroxylation is 8. The molecule has 0 bridgehead atoms. The van der Waals surface area contributed by atoms with Gasteiger partial charge in [0.2, 0.25) is 0 Å². The van der Waals surface area contributed by atoms with Crippen LogP contribution in [0, 0.1) is 55.4 Å². The zero-order valence-electron chi connectivity index (χ0n) is 28.9. The van der Waals surface area contributed by atoms with E-state index in [0.29, 0.717) is 0 Å². The number of hydrogen-bond acceptors (Lipinski definition) is 0. The quantitative estimate of drug-likeness (QED) is 0.193. The van der Waals surface area contributed by atoms with Gasteiger partial charge in [-0.05, 0) is 0 Å². The first-order valence-electron chi connectivity index (χ1n) is 16.4. The van der Waals surface area contributed by atoms with Crippen LogP contribution in [-0.2, 0) is 16.4 Å². The summed E-state index contributed by atoms with van der Waals surface area (Å²) in [6, 6.07) is 18.6. The number of fused-ring (bicyclic) bond motifs is 2. The molecule has 233 valence electrons. The van der Waals surface area contributed by atoms with E-state index in [0.717, 1.165) is 4.13 Å². The predicted octanol–water partition coefficient (Wildman–Crippen LogP) is 13.5. The minimum atomic E-state index is -4.83. The second kappa shape index (κ2) is 11.2. The molecule has 2 atom stereocenters. The van der Waals surface area contributed by atoms with E-state index in [1.54, 1.807) is 0 Å². The number of allylic oxidation sites excluding steroid dienone is 2. The van der Waals surface area contributed by atoms with Crippen molar-refractivity contribution in [2.24, 2.45) is 0 Å². The van der Waals surface area contributed by atoms with Crippen LogP contribution in [-0.4, -0.2) is 0 Å². The van der Waals surface area contributed by atoms with Crippen LogP contribution >= 0.6 is 17.0 Å². The van der Waals surface area contributed by atoms with Crippen LogP contribution in [0.15, 0.2) is 59.7 Å². The topological polar surface area (TPSA) is 0 Å². The third-order valence-corrected chi connectivity index (χ3v) is 31.8. The summed E-state index contributed by atoms with van der Waals surface area (Å²) < 4.78 is 0.905. The molecule has 0 saturated carbocycles. The molecule has 6 rings (SSSR count). The summed E-state index contributed by atoms with van der Waals surface area (Å²) in [5.74, 6) is 0. The summed E-state index contributed by atoms with van der Waals surface area (Å²) in [5.41, 5.74) is 23.6. The molecular formula is C42H47Cl2Zr.